The predicted molar refractivity (Wildman–Crippen MR) is 173 cm³/mol. The van der Waals surface area contributed by atoms with E-state index in [0.29, 0.717) is 15.7 Å². The Morgan fingerprint density at radius 3 is 2.27 bits per heavy atom. The van der Waals surface area contributed by atoms with Gasteiger partial charge in [-0.3, -0.25) is 19.4 Å². The average Bonchev–Trinajstić information content (AvgIpc) is 3.69. The van der Waals surface area contributed by atoms with E-state index in [1.54, 1.807) is 0 Å². The van der Waals surface area contributed by atoms with Gasteiger partial charge in [-0.15, -0.1) is 0 Å². The third kappa shape index (κ3) is 5.14. The number of halogens is 2. The molecule has 0 bridgehead atoms. The van der Waals surface area contributed by atoms with Crippen molar-refractivity contribution in [2.45, 2.75) is 51.2 Å². The standard InChI is InChI=1S/C34H30Cl2N6O3/c1-19-5-3-6-20(2)30(19)41-33(44)29-32(34(41)45)40(39-37-29)18-27(43)42-31(22-11-15-25(36)16-12-22)26-8-4-7-23(28(26)38-42)17-21-9-13-24(35)14-10-21/h3,5-6,9-17,26,29,31-32H,4,7-8,18H2,1-2H3/b23-17-/t26-,29+,31-,32-/m0/s1. The first kappa shape index (κ1) is 29.4. The number of hydrogen-bond donors (Lipinski definition) is 0. The molecule has 0 spiro atoms. The molecule has 3 heterocycles. The molecule has 0 N–H and O–H groups in total. The molecule has 11 heteroatoms. The summed E-state index contributed by atoms with van der Waals surface area (Å²) in [4.78, 5) is 42.5. The summed E-state index contributed by atoms with van der Waals surface area (Å²) in [5.74, 6) is -1.24. The van der Waals surface area contributed by atoms with Crippen LogP contribution in [0.3, 0.4) is 0 Å². The highest BCUT2D eigenvalue weighted by Gasteiger charge is 2.56. The maximum atomic E-state index is 14.1. The van der Waals surface area contributed by atoms with Crippen molar-refractivity contribution < 1.29 is 14.4 Å². The largest absolute Gasteiger partial charge is 0.271 e. The van der Waals surface area contributed by atoms with Crippen molar-refractivity contribution >= 4 is 58.4 Å². The Morgan fingerprint density at radius 2 is 1.58 bits per heavy atom. The molecular weight excluding hydrogens is 611 g/mol. The van der Waals surface area contributed by atoms with E-state index in [1.165, 1.54) is 14.9 Å². The highest BCUT2D eigenvalue weighted by atomic mass is 35.5. The lowest BCUT2D eigenvalue weighted by atomic mass is 9.77. The molecule has 0 unspecified atom stereocenters. The first-order chi connectivity index (χ1) is 21.7. The summed E-state index contributed by atoms with van der Waals surface area (Å²) >= 11 is 12.3. The molecule has 1 saturated carbocycles. The first-order valence-electron chi connectivity index (χ1n) is 15.0. The van der Waals surface area contributed by atoms with Gasteiger partial charge < -0.3 is 0 Å². The SMILES string of the molecule is Cc1cccc(C)c1N1C(=O)[C@@H]2[C@@H](N=NN2CC(=O)N2N=C3/C(=C\c4ccc(Cl)cc4)CCC[C@@H]3[C@@H]2c2ccc(Cl)cc2)C1=O. The molecule has 4 atom stereocenters. The summed E-state index contributed by atoms with van der Waals surface area (Å²) in [7, 11) is 0. The number of nitrogens with zero attached hydrogens (tertiary/aromatic N) is 6. The number of aryl methyl sites for hydroxylation is 2. The maximum Gasteiger partial charge on any atom is 0.264 e. The molecule has 3 aromatic carbocycles. The zero-order valence-electron chi connectivity index (χ0n) is 24.7. The van der Waals surface area contributed by atoms with Gasteiger partial charge in [-0.25, -0.2) is 9.91 Å². The van der Waals surface area contributed by atoms with Crippen LogP contribution in [0.1, 0.15) is 47.6 Å². The minimum atomic E-state index is -1.00. The Morgan fingerprint density at radius 1 is 0.911 bits per heavy atom. The summed E-state index contributed by atoms with van der Waals surface area (Å²) in [6.45, 7) is 3.46. The topological polar surface area (TPSA) is 98.0 Å². The molecule has 0 aromatic heterocycles. The molecule has 0 radical (unpaired) electrons. The summed E-state index contributed by atoms with van der Waals surface area (Å²) in [5, 5.41) is 17.4. The maximum absolute atomic E-state index is 14.1. The lowest BCUT2D eigenvalue weighted by Crippen LogP contribution is -2.45. The fraction of sp³-hybridized carbons (Fsp3) is 0.294. The van der Waals surface area contributed by atoms with Gasteiger partial charge in [-0.2, -0.15) is 10.2 Å². The quantitative estimate of drug-likeness (QED) is 0.289. The number of allylic oxidation sites excluding steroid dienone is 1. The summed E-state index contributed by atoms with van der Waals surface area (Å²) in [6, 6.07) is 18.4. The third-order valence-corrected chi connectivity index (χ3v) is 9.50. The number of anilines is 1. The van der Waals surface area contributed by atoms with Gasteiger partial charge in [0.2, 0.25) is 0 Å². The lowest BCUT2D eigenvalue weighted by Gasteiger charge is -2.30. The van der Waals surface area contributed by atoms with E-state index in [1.807, 2.05) is 80.6 Å². The van der Waals surface area contributed by atoms with Crippen molar-refractivity contribution in [3.63, 3.8) is 0 Å². The number of benzene rings is 3. The van der Waals surface area contributed by atoms with Gasteiger partial charge in [0.15, 0.2) is 12.1 Å². The van der Waals surface area contributed by atoms with E-state index >= 15 is 0 Å². The van der Waals surface area contributed by atoms with Gasteiger partial charge in [0.05, 0.1) is 17.4 Å². The predicted octanol–water partition coefficient (Wildman–Crippen LogP) is 6.73. The van der Waals surface area contributed by atoms with Gasteiger partial charge in [0.1, 0.15) is 6.54 Å². The van der Waals surface area contributed by atoms with Crippen molar-refractivity contribution in [3.05, 3.63) is 105 Å². The second kappa shape index (κ2) is 11.5. The van der Waals surface area contributed by atoms with E-state index in [0.717, 1.165) is 52.8 Å². The van der Waals surface area contributed by atoms with Gasteiger partial charge in [-0.1, -0.05) is 70.9 Å². The van der Waals surface area contributed by atoms with E-state index in [2.05, 4.69) is 16.4 Å². The summed E-state index contributed by atoms with van der Waals surface area (Å²) in [5.41, 5.74) is 6.04. The fourth-order valence-electron chi connectivity index (χ4n) is 6.90. The number of imide groups is 1. The number of carbonyl (C=O) groups is 3. The van der Waals surface area contributed by atoms with Crippen LogP contribution >= 0.6 is 23.2 Å². The van der Waals surface area contributed by atoms with Crippen molar-refractivity contribution in [1.82, 2.24) is 10.0 Å². The van der Waals surface area contributed by atoms with Crippen LogP contribution in [0.15, 0.2) is 87.7 Å². The smallest absolute Gasteiger partial charge is 0.264 e. The molecule has 1 aliphatic carbocycles. The van der Waals surface area contributed by atoms with E-state index in [9.17, 15) is 14.4 Å². The molecule has 3 aromatic rings. The molecular formula is C34H30Cl2N6O3. The van der Waals surface area contributed by atoms with Crippen molar-refractivity contribution in [1.29, 1.82) is 0 Å². The summed E-state index contributed by atoms with van der Waals surface area (Å²) < 4.78 is 0. The zero-order chi connectivity index (χ0) is 31.4. The third-order valence-electron chi connectivity index (χ3n) is 9.00. The van der Waals surface area contributed by atoms with Crippen molar-refractivity contribution in [2.24, 2.45) is 21.4 Å². The van der Waals surface area contributed by atoms with E-state index in [4.69, 9.17) is 28.3 Å². The Kier molecular flexibility index (Phi) is 7.54. The van der Waals surface area contributed by atoms with Crippen LogP contribution < -0.4 is 4.90 Å². The molecule has 4 aliphatic rings. The van der Waals surface area contributed by atoms with Crippen LogP contribution in [-0.4, -0.2) is 52.1 Å². The Balaban J connectivity index is 1.19. The monoisotopic (exact) mass is 640 g/mol. The molecule has 3 amide bonds. The number of hydrazone groups is 1. The molecule has 228 valence electrons. The first-order valence-corrected chi connectivity index (χ1v) is 15.7. The van der Waals surface area contributed by atoms with Crippen LogP contribution in [0, 0.1) is 19.8 Å². The second-order valence-corrected chi connectivity index (χ2v) is 12.8. The Labute approximate surface area is 270 Å². The number of hydrogen-bond acceptors (Lipinski definition) is 7. The Bertz CT molecular complexity index is 1780. The van der Waals surface area contributed by atoms with Crippen LogP contribution in [0.5, 0.6) is 0 Å². The highest BCUT2D eigenvalue weighted by molar-refractivity contribution is 6.31. The fourth-order valence-corrected chi connectivity index (χ4v) is 7.16. The van der Waals surface area contributed by atoms with Crippen LogP contribution in [0.25, 0.3) is 6.08 Å². The molecule has 9 nitrogen and oxygen atoms in total. The zero-order valence-corrected chi connectivity index (χ0v) is 26.2. The molecule has 2 fully saturated rings. The highest BCUT2D eigenvalue weighted by Crippen LogP contribution is 2.45. The van der Waals surface area contributed by atoms with Crippen LogP contribution in [0.4, 0.5) is 5.69 Å². The molecule has 3 aliphatic heterocycles. The number of fused-ring (bicyclic) bond motifs is 2. The van der Waals surface area contributed by atoms with Gasteiger partial charge >= 0.3 is 0 Å². The minimum absolute atomic E-state index is 0.0235. The molecule has 7 rings (SSSR count). The van der Waals surface area contributed by atoms with Crippen LogP contribution in [-0.2, 0) is 14.4 Å². The van der Waals surface area contributed by atoms with Crippen LogP contribution in [0.2, 0.25) is 10.0 Å². The number of para-hydroxylation sites is 1. The van der Waals surface area contributed by atoms with E-state index in [-0.39, 0.29) is 24.4 Å². The van der Waals surface area contributed by atoms with Gasteiger partial charge in [0, 0.05) is 16.0 Å². The van der Waals surface area contributed by atoms with E-state index < -0.39 is 23.9 Å². The van der Waals surface area contributed by atoms with Gasteiger partial charge in [0.25, 0.3) is 17.7 Å². The number of rotatable bonds is 5. The normalized spacial score (nSPS) is 24.8. The van der Waals surface area contributed by atoms with Gasteiger partial charge in [-0.05, 0) is 91.3 Å². The number of carbonyl (C=O) groups excluding carboxylic acids is 3. The molecule has 45 heavy (non-hydrogen) atoms. The summed E-state index contributed by atoms with van der Waals surface area (Å²) in [6.07, 6.45) is 4.75. The average molecular weight is 642 g/mol. The lowest BCUT2D eigenvalue weighted by molar-refractivity contribution is -0.136. The minimum Gasteiger partial charge on any atom is -0.271 e. The Hall–Kier alpha value is -4.34. The van der Waals surface area contributed by atoms with Crippen molar-refractivity contribution in [3.8, 4) is 0 Å². The number of amides is 3. The van der Waals surface area contributed by atoms with Crippen molar-refractivity contribution in [2.75, 3.05) is 11.4 Å². The second-order valence-electron chi connectivity index (χ2n) is 11.9. The molecule has 1 saturated heterocycles.